The number of benzene rings is 2. The van der Waals surface area contributed by atoms with Gasteiger partial charge in [-0.3, -0.25) is 18.7 Å². The SMILES string of the molecule is CCc1nc2c(c(=O)n(Cc3ccc(Cl)cc3)c(=O)n2CC(=O)c2ccccc2)n1C. The van der Waals surface area contributed by atoms with Crippen molar-refractivity contribution in [2.24, 2.45) is 7.05 Å². The van der Waals surface area contributed by atoms with Gasteiger partial charge >= 0.3 is 5.69 Å². The predicted molar refractivity (Wildman–Crippen MR) is 120 cm³/mol. The van der Waals surface area contributed by atoms with Gasteiger partial charge in [-0.15, -0.1) is 0 Å². The van der Waals surface area contributed by atoms with Crippen LogP contribution in [0.25, 0.3) is 11.2 Å². The number of fused-ring (bicyclic) bond motifs is 1. The third-order valence-electron chi connectivity index (χ3n) is 5.30. The van der Waals surface area contributed by atoms with Crippen LogP contribution in [0.15, 0.2) is 64.2 Å². The van der Waals surface area contributed by atoms with Crippen LogP contribution in [0.1, 0.15) is 28.7 Å². The molecule has 0 N–H and O–H groups in total. The van der Waals surface area contributed by atoms with Gasteiger partial charge in [0.25, 0.3) is 5.56 Å². The van der Waals surface area contributed by atoms with Crippen molar-refractivity contribution < 1.29 is 4.79 Å². The fourth-order valence-electron chi connectivity index (χ4n) is 3.64. The molecule has 0 saturated heterocycles. The third-order valence-corrected chi connectivity index (χ3v) is 5.55. The number of rotatable bonds is 6. The van der Waals surface area contributed by atoms with Gasteiger partial charge in [-0.2, -0.15) is 0 Å². The summed E-state index contributed by atoms with van der Waals surface area (Å²) in [7, 11) is 1.75. The van der Waals surface area contributed by atoms with Crippen LogP contribution in [0.3, 0.4) is 0 Å². The number of Topliss-reactive ketones (excluding diaryl/α,β-unsaturated/α-hetero) is 1. The summed E-state index contributed by atoms with van der Waals surface area (Å²) >= 11 is 5.95. The normalized spacial score (nSPS) is 11.2. The molecule has 158 valence electrons. The lowest BCUT2D eigenvalue weighted by Gasteiger charge is -2.12. The smallest absolute Gasteiger partial charge is 0.325 e. The number of hydrogen-bond donors (Lipinski definition) is 0. The Kier molecular flexibility index (Phi) is 5.61. The van der Waals surface area contributed by atoms with E-state index in [-0.39, 0.29) is 24.5 Å². The van der Waals surface area contributed by atoms with Gasteiger partial charge in [0.2, 0.25) is 0 Å². The number of hydrogen-bond acceptors (Lipinski definition) is 4. The monoisotopic (exact) mass is 436 g/mol. The second-order valence-electron chi connectivity index (χ2n) is 7.29. The molecule has 0 aliphatic rings. The first-order chi connectivity index (χ1) is 14.9. The summed E-state index contributed by atoms with van der Waals surface area (Å²) in [5.41, 5.74) is 0.759. The largest absolute Gasteiger partial charge is 0.333 e. The van der Waals surface area contributed by atoms with E-state index in [0.717, 1.165) is 10.1 Å². The van der Waals surface area contributed by atoms with Crippen molar-refractivity contribution in [3.8, 4) is 0 Å². The molecular formula is C23H21ClN4O3. The van der Waals surface area contributed by atoms with Crippen molar-refractivity contribution in [3.63, 3.8) is 0 Å². The first-order valence-corrected chi connectivity index (χ1v) is 10.3. The van der Waals surface area contributed by atoms with E-state index in [9.17, 15) is 14.4 Å². The lowest BCUT2D eigenvalue weighted by atomic mass is 10.1. The van der Waals surface area contributed by atoms with Crippen LogP contribution < -0.4 is 11.2 Å². The molecule has 0 fully saturated rings. The third kappa shape index (κ3) is 3.84. The number of halogens is 1. The van der Waals surface area contributed by atoms with Crippen molar-refractivity contribution in [2.75, 3.05) is 0 Å². The van der Waals surface area contributed by atoms with Crippen molar-refractivity contribution in [2.45, 2.75) is 26.4 Å². The average molecular weight is 437 g/mol. The number of carbonyl (C=O) groups is 1. The highest BCUT2D eigenvalue weighted by molar-refractivity contribution is 6.30. The lowest BCUT2D eigenvalue weighted by Crippen LogP contribution is -2.41. The Bertz CT molecular complexity index is 1380. The van der Waals surface area contributed by atoms with Crippen LogP contribution in [0.2, 0.25) is 5.02 Å². The summed E-state index contributed by atoms with van der Waals surface area (Å²) < 4.78 is 4.13. The van der Waals surface area contributed by atoms with E-state index in [4.69, 9.17) is 11.6 Å². The maximum absolute atomic E-state index is 13.3. The van der Waals surface area contributed by atoms with Crippen molar-refractivity contribution >= 4 is 28.5 Å². The molecular weight excluding hydrogens is 416 g/mol. The Morgan fingerprint density at radius 1 is 1.00 bits per heavy atom. The number of aryl methyl sites for hydroxylation is 2. The summed E-state index contributed by atoms with van der Waals surface area (Å²) in [4.78, 5) is 44.0. The molecule has 0 atom stereocenters. The van der Waals surface area contributed by atoms with Gasteiger partial charge in [-0.25, -0.2) is 9.78 Å². The number of imidazole rings is 1. The van der Waals surface area contributed by atoms with Gasteiger partial charge in [0.15, 0.2) is 16.9 Å². The Morgan fingerprint density at radius 3 is 2.32 bits per heavy atom. The molecule has 7 nitrogen and oxygen atoms in total. The summed E-state index contributed by atoms with van der Waals surface area (Å²) in [5.74, 6) is 0.432. The van der Waals surface area contributed by atoms with Gasteiger partial charge in [-0.05, 0) is 17.7 Å². The highest BCUT2D eigenvalue weighted by Gasteiger charge is 2.21. The second kappa shape index (κ2) is 8.35. The molecule has 0 saturated carbocycles. The van der Waals surface area contributed by atoms with Gasteiger partial charge in [0, 0.05) is 24.1 Å². The average Bonchev–Trinajstić information content (AvgIpc) is 3.12. The number of carbonyl (C=O) groups excluding carboxylic acids is 1. The Hall–Kier alpha value is -3.45. The molecule has 0 aliphatic carbocycles. The quantitative estimate of drug-likeness (QED) is 0.435. The number of aromatic nitrogens is 4. The Labute approximate surface area is 183 Å². The number of ketones is 1. The molecule has 0 aliphatic heterocycles. The maximum atomic E-state index is 13.3. The molecule has 2 aromatic carbocycles. The predicted octanol–water partition coefficient (Wildman–Crippen LogP) is 3.04. The maximum Gasteiger partial charge on any atom is 0.333 e. The highest BCUT2D eigenvalue weighted by atomic mass is 35.5. The fourth-order valence-corrected chi connectivity index (χ4v) is 3.76. The van der Waals surface area contributed by atoms with Crippen molar-refractivity contribution in [1.29, 1.82) is 0 Å². The minimum absolute atomic E-state index is 0.0664. The van der Waals surface area contributed by atoms with Gasteiger partial charge < -0.3 is 4.57 Å². The van der Waals surface area contributed by atoms with Gasteiger partial charge in [0.1, 0.15) is 5.82 Å². The van der Waals surface area contributed by atoms with E-state index < -0.39 is 11.2 Å². The molecule has 31 heavy (non-hydrogen) atoms. The van der Waals surface area contributed by atoms with E-state index in [1.54, 1.807) is 60.1 Å². The van der Waals surface area contributed by atoms with Crippen molar-refractivity contribution in [3.05, 3.63) is 97.4 Å². The summed E-state index contributed by atoms with van der Waals surface area (Å²) in [6.07, 6.45) is 0.586. The molecule has 0 unspecified atom stereocenters. The van der Waals surface area contributed by atoms with E-state index in [2.05, 4.69) is 4.98 Å². The topological polar surface area (TPSA) is 78.9 Å². The first-order valence-electron chi connectivity index (χ1n) is 9.92. The van der Waals surface area contributed by atoms with Crippen LogP contribution in [0.4, 0.5) is 0 Å². The van der Waals surface area contributed by atoms with Gasteiger partial charge in [-0.1, -0.05) is 61.0 Å². The van der Waals surface area contributed by atoms with Gasteiger partial charge in [0.05, 0.1) is 13.1 Å². The molecule has 0 bridgehead atoms. The fraction of sp³-hybridized carbons (Fsp3) is 0.217. The molecule has 0 spiro atoms. The van der Waals surface area contributed by atoms with Crippen LogP contribution in [0, 0.1) is 0 Å². The first kappa shape index (κ1) is 20.8. The standard InChI is InChI=1S/C23H21ClN4O3/c1-3-19-25-21-20(26(19)2)22(30)28(13-15-9-11-17(24)12-10-15)23(31)27(21)14-18(29)16-7-5-4-6-8-16/h4-12H,3,13-14H2,1-2H3. The van der Waals surface area contributed by atoms with E-state index in [1.165, 1.54) is 4.57 Å². The van der Waals surface area contributed by atoms with Crippen LogP contribution in [-0.4, -0.2) is 24.5 Å². The highest BCUT2D eigenvalue weighted by Crippen LogP contribution is 2.13. The molecule has 0 radical (unpaired) electrons. The Morgan fingerprint density at radius 2 is 1.68 bits per heavy atom. The molecule has 4 rings (SSSR count). The summed E-state index contributed by atoms with van der Waals surface area (Å²) in [6, 6.07) is 15.7. The van der Waals surface area contributed by atoms with Crippen LogP contribution in [-0.2, 0) is 26.6 Å². The molecule has 2 heterocycles. The summed E-state index contributed by atoms with van der Waals surface area (Å²) in [6.45, 7) is 1.78. The minimum atomic E-state index is -0.572. The molecule has 8 heteroatoms. The second-order valence-corrected chi connectivity index (χ2v) is 7.72. The van der Waals surface area contributed by atoms with Crippen LogP contribution in [0.5, 0.6) is 0 Å². The lowest BCUT2D eigenvalue weighted by molar-refractivity contribution is 0.0971. The van der Waals surface area contributed by atoms with Crippen molar-refractivity contribution in [1.82, 2.24) is 18.7 Å². The Balaban J connectivity index is 1.91. The molecule has 4 aromatic rings. The van der Waals surface area contributed by atoms with Crippen LogP contribution >= 0.6 is 11.6 Å². The van der Waals surface area contributed by atoms with E-state index >= 15 is 0 Å². The summed E-state index contributed by atoms with van der Waals surface area (Å²) in [5, 5.41) is 0.566. The molecule has 2 aromatic heterocycles. The minimum Gasteiger partial charge on any atom is -0.325 e. The number of nitrogens with zero attached hydrogens (tertiary/aromatic N) is 4. The molecule has 0 amide bonds. The van der Waals surface area contributed by atoms with E-state index in [1.807, 2.05) is 13.0 Å². The zero-order valence-electron chi connectivity index (χ0n) is 17.2. The zero-order valence-corrected chi connectivity index (χ0v) is 18.0. The zero-order chi connectivity index (χ0) is 22.1. The van der Waals surface area contributed by atoms with E-state index in [0.29, 0.717) is 28.3 Å².